The number of nitrogens with two attached hydrogens (primary N) is 2. The van der Waals surface area contributed by atoms with Crippen molar-refractivity contribution in [1.29, 1.82) is 0 Å². The van der Waals surface area contributed by atoms with Crippen LogP contribution in [0.15, 0.2) is 47.6 Å². The highest BCUT2D eigenvalue weighted by Gasteiger charge is 2.16. The number of allylic oxidation sites excluding steroid dienone is 1. The Morgan fingerprint density at radius 1 is 1.03 bits per heavy atom. The second-order valence-electron chi connectivity index (χ2n) is 10.0. The van der Waals surface area contributed by atoms with Crippen molar-refractivity contribution in [2.75, 3.05) is 32.9 Å². The Morgan fingerprint density at radius 3 is 2.25 bits per heavy atom. The van der Waals surface area contributed by atoms with Crippen LogP contribution in [0.2, 0.25) is 0 Å². The van der Waals surface area contributed by atoms with Crippen molar-refractivity contribution >= 4 is 23.4 Å². The van der Waals surface area contributed by atoms with E-state index in [0.29, 0.717) is 17.2 Å². The molecule has 36 heavy (non-hydrogen) atoms. The number of aliphatic imine (C=N–C) groups is 1. The lowest BCUT2D eigenvalue weighted by atomic mass is 9.92. The molecule has 196 valence electrons. The van der Waals surface area contributed by atoms with E-state index in [9.17, 15) is 4.79 Å². The number of anilines is 1. The Hall–Kier alpha value is -3.12. The van der Waals surface area contributed by atoms with E-state index in [-0.39, 0.29) is 11.9 Å². The highest BCUT2D eigenvalue weighted by Crippen LogP contribution is 2.26. The highest BCUT2D eigenvalue weighted by atomic mass is 16.1. The van der Waals surface area contributed by atoms with Crippen LogP contribution in [0.1, 0.15) is 91.0 Å². The summed E-state index contributed by atoms with van der Waals surface area (Å²) in [5, 5.41) is 3.08. The van der Waals surface area contributed by atoms with Gasteiger partial charge in [0.15, 0.2) is 0 Å². The third kappa shape index (κ3) is 8.83. The van der Waals surface area contributed by atoms with Crippen LogP contribution in [0.4, 0.5) is 5.69 Å². The number of hydrogen-bond donors (Lipinski definition) is 3. The summed E-state index contributed by atoms with van der Waals surface area (Å²) in [5.41, 5.74) is 17.7. The maximum atomic E-state index is 12.8. The molecule has 0 spiro atoms. The van der Waals surface area contributed by atoms with Crippen LogP contribution in [0.25, 0.3) is 5.57 Å². The molecule has 0 bridgehead atoms. The number of nitrogens with zero attached hydrogens (tertiary/aromatic N) is 2. The molecule has 1 unspecified atom stereocenters. The van der Waals surface area contributed by atoms with Crippen LogP contribution in [0.5, 0.6) is 0 Å². The first-order valence-corrected chi connectivity index (χ1v) is 13.0. The number of aryl methyl sites for hydroxylation is 1. The molecule has 1 aliphatic rings. The smallest absolute Gasteiger partial charge is 0.252 e. The van der Waals surface area contributed by atoms with Gasteiger partial charge in [-0.25, -0.2) is 0 Å². The number of hydrogen-bond acceptors (Lipinski definition) is 5. The van der Waals surface area contributed by atoms with Gasteiger partial charge in [-0.3, -0.25) is 9.79 Å². The van der Waals surface area contributed by atoms with Crippen molar-refractivity contribution in [3.63, 3.8) is 0 Å². The van der Waals surface area contributed by atoms with Gasteiger partial charge in [0.05, 0.1) is 6.04 Å². The second kappa shape index (κ2) is 14.4. The lowest BCUT2D eigenvalue weighted by Crippen LogP contribution is -2.27. The molecule has 5 N–H and O–H groups in total. The first-order chi connectivity index (χ1) is 17.2. The molecule has 0 saturated carbocycles. The van der Waals surface area contributed by atoms with Crippen LogP contribution < -0.4 is 16.8 Å². The lowest BCUT2D eigenvalue weighted by Gasteiger charge is -2.19. The molecule has 3 rings (SSSR count). The van der Waals surface area contributed by atoms with E-state index in [1.807, 2.05) is 26.0 Å². The summed E-state index contributed by atoms with van der Waals surface area (Å²) < 4.78 is 0. The Bertz CT molecular complexity index is 1050. The predicted octanol–water partition coefficient (Wildman–Crippen LogP) is 5.68. The Balaban J connectivity index is 0.000000482. The summed E-state index contributed by atoms with van der Waals surface area (Å²) in [5.74, 6) is 0.203. The van der Waals surface area contributed by atoms with E-state index in [4.69, 9.17) is 11.5 Å². The number of benzene rings is 2. The quantitative estimate of drug-likeness (QED) is 0.357. The minimum atomic E-state index is -0.177. The van der Waals surface area contributed by atoms with Gasteiger partial charge in [0.1, 0.15) is 0 Å². The predicted molar refractivity (Wildman–Crippen MR) is 155 cm³/mol. The van der Waals surface area contributed by atoms with Gasteiger partial charge in [-0.05, 0) is 93.2 Å². The third-order valence-corrected chi connectivity index (χ3v) is 6.61. The first-order valence-electron chi connectivity index (χ1n) is 13.0. The van der Waals surface area contributed by atoms with Gasteiger partial charge in [-0.15, -0.1) is 0 Å². The maximum Gasteiger partial charge on any atom is 0.252 e. The molecule has 1 aliphatic heterocycles. The average molecular weight is 492 g/mol. The van der Waals surface area contributed by atoms with Crippen LogP contribution >= 0.6 is 0 Å². The van der Waals surface area contributed by atoms with E-state index in [1.54, 1.807) is 31.6 Å². The van der Waals surface area contributed by atoms with Crippen LogP contribution in [-0.2, 0) is 0 Å². The summed E-state index contributed by atoms with van der Waals surface area (Å²) in [7, 11) is 3.93. The molecule has 0 radical (unpaired) electrons. The number of nitrogens with one attached hydrogen (secondary N) is 1. The first kappa shape index (κ1) is 29.1. The van der Waals surface area contributed by atoms with Crippen molar-refractivity contribution in [2.24, 2.45) is 10.7 Å². The normalized spacial score (nSPS) is 15.8. The molecular formula is C30H45N5O. The topological polar surface area (TPSA) is 96.7 Å². The Morgan fingerprint density at radius 2 is 1.67 bits per heavy atom. The van der Waals surface area contributed by atoms with E-state index in [2.05, 4.69) is 48.2 Å². The summed E-state index contributed by atoms with van der Waals surface area (Å²) in [4.78, 5) is 19.3. The minimum absolute atomic E-state index is 0.140. The van der Waals surface area contributed by atoms with E-state index >= 15 is 0 Å². The SMILES string of the molecule is CN1CCCCCC1.CN=C/C(=C\N)c1cc(C(C)C)cc(C(C)NC(=O)c2cc(N)ccc2C)c1. The van der Waals surface area contributed by atoms with Crippen molar-refractivity contribution in [3.05, 3.63) is 70.4 Å². The molecule has 0 aromatic heterocycles. The molecule has 1 saturated heterocycles. The largest absolute Gasteiger partial charge is 0.404 e. The van der Waals surface area contributed by atoms with Gasteiger partial charge in [-0.2, -0.15) is 0 Å². The van der Waals surface area contributed by atoms with E-state index in [0.717, 1.165) is 22.3 Å². The molecule has 1 amide bonds. The highest BCUT2D eigenvalue weighted by molar-refractivity contribution is 6.09. The lowest BCUT2D eigenvalue weighted by molar-refractivity contribution is 0.0939. The van der Waals surface area contributed by atoms with Gasteiger partial charge in [-0.1, -0.05) is 44.9 Å². The van der Waals surface area contributed by atoms with Crippen LogP contribution in [0, 0.1) is 6.92 Å². The molecule has 2 aromatic carbocycles. The van der Waals surface area contributed by atoms with Crippen molar-refractivity contribution in [1.82, 2.24) is 10.2 Å². The monoisotopic (exact) mass is 491 g/mol. The molecule has 1 heterocycles. The summed E-state index contributed by atoms with van der Waals surface area (Å²) in [6.45, 7) is 10.8. The summed E-state index contributed by atoms with van der Waals surface area (Å²) in [6, 6.07) is 11.5. The second-order valence-corrected chi connectivity index (χ2v) is 10.0. The molecule has 2 aromatic rings. The van der Waals surface area contributed by atoms with Crippen LogP contribution in [-0.4, -0.2) is 44.2 Å². The van der Waals surface area contributed by atoms with Gasteiger partial charge in [0.2, 0.25) is 0 Å². The summed E-state index contributed by atoms with van der Waals surface area (Å²) >= 11 is 0. The zero-order valence-electron chi connectivity index (χ0n) is 23.0. The fourth-order valence-electron chi connectivity index (χ4n) is 4.25. The van der Waals surface area contributed by atoms with Gasteiger partial charge in [0, 0.05) is 36.3 Å². The zero-order valence-corrected chi connectivity index (χ0v) is 23.0. The van der Waals surface area contributed by atoms with Crippen molar-refractivity contribution in [3.8, 4) is 0 Å². The van der Waals surface area contributed by atoms with E-state index < -0.39 is 0 Å². The van der Waals surface area contributed by atoms with Crippen molar-refractivity contribution in [2.45, 2.75) is 65.3 Å². The van der Waals surface area contributed by atoms with Crippen LogP contribution in [0.3, 0.4) is 0 Å². The average Bonchev–Trinajstić information content (AvgIpc) is 3.11. The number of amides is 1. The fraction of sp³-hybridized carbons (Fsp3) is 0.467. The standard InChI is InChI=1S/C23H30N4O.C7H15N/c1-14(2)17-8-18(10-19(9-17)20(12-24)13-26-5)16(4)27-23(28)22-11-21(25)7-6-15(22)3;1-8-6-4-2-3-5-7-8/h6-14,16H,24-25H2,1-5H3,(H,27,28);2-7H2,1H3/b20-12+,26-13?;. The third-order valence-electron chi connectivity index (χ3n) is 6.61. The Labute approximate surface area is 217 Å². The van der Waals surface area contributed by atoms with Gasteiger partial charge in [0.25, 0.3) is 5.91 Å². The summed E-state index contributed by atoms with van der Waals surface area (Å²) in [6.07, 6.45) is 9.01. The maximum absolute atomic E-state index is 12.8. The molecule has 1 atom stereocenters. The van der Waals surface area contributed by atoms with E-state index in [1.165, 1.54) is 44.3 Å². The zero-order chi connectivity index (χ0) is 26.7. The molecule has 6 nitrogen and oxygen atoms in total. The number of likely N-dealkylation sites (tertiary alicyclic amines) is 1. The molecule has 1 fully saturated rings. The van der Waals surface area contributed by atoms with Crippen molar-refractivity contribution < 1.29 is 4.79 Å². The van der Waals surface area contributed by atoms with Gasteiger partial charge >= 0.3 is 0 Å². The minimum Gasteiger partial charge on any atom is -0.404 e. The molecule has 6 heteroatoms. The number of carbonyl (C=O) groups is 1. The molecular weight excluding hydrogens is 446 g/mol. The Kier molecular flexibility index (Phi) is 11.7. The van der Waals surface area contributed by atoms with Gasteiger partial charge < -0.3 is 21.7 Å². The fourth-order valence-corrected chi connectivity index (χ4v) is 4.25. The number of rotatable bonds is 6. The number of nitrogen functional groups attached to an aromatic ring is 1. The molecule has 0 aliphatic carbocycles. The number of carbonyl (C=O) groups excluding carboxylic acids is 1.